The minimum atomic E-state index is -0.814. The molecular formula is C12H19N3O3. The van der Waals surface area contributed by atoms with Gasteiger partial charge in [-0.05, 0) is 13.0 Å². The van der Waals surface area contributed by atoms with Gasteiger partial charge in [-0.3, -0.25) is 9.69 Å². The first kappa shape index (κ1) is 12.7. The number of carbonyl (C=O) groups is 2. The number of urea groups is 1. The van der Waals surface area contributed by atoms with Crippen molar-refractivity contribution in [1.29, 1.82) is 0 Å². The minimum Gasteiger partial charge on any atom is -0.477 e. The van der Waals surface area contributed by atoms with Gasteiger partial charge in [-0.1, -0.05) is 0 Å². The van der Waals surface area contributed by atoms with Crippen molar-refractivity contribution >= 4 is 11.9 Å². The minimum absolute atomic E-state index is 0.174. The molecule has 0 bridgehead atoms. The van der Waals surface area contributed by atoms with Crippen LogP contribution in [0.3, 0.4) is 0 Å². The Kier molecular flexibility index (Phi) is 2.96. The first-order valence-electron chi connectivity index (χ1n) is 5.98. The van der Waals surface area contributed by atoms with Crippen LogP contribution in [-0.2, 0) is 9.53 Å². The van der Waals surface area contributed by atoms with E-state index in [9.17, 15) is 9.59 Å². The molecule has 0 aromatic rings. The van der Waals surface area contributed by atoms with Gasteiger partial charge < -0.3 is 14.5 Å². The molecule has 100 valence electrons. The first-order valence-corrected chi connectivity index (χ1v) is 5.98. The number of amides is 3. The fourth-order valence-corrected chi connectivity index (χ4v) is 2.26. The Labute approximate surface area is 107 Å². The lowest BCUT2D eigenvalue weighted by atomic mass is 9.96. The highest BCUT2D eigenvalue weighted by atomic mass is 16.5. The monoisotopic (exact) mass is 253 g/mol. The smallest absolute Gasteiger partial charge is 0.327 e. The van der Waals surface area contributed by atoms with Gasteiger partial charge in [0.2, 0.25) is 0 Å². The summed E-state index contributed by atoms with van der Waals surface area (Å²) in [4.78, 5) is 28.5. The average Bonchev–Trinajstić information content (AvgIpc) is 2.82. The van der Waals surface area contributed by atoms with E-state index < -0.39 is 5.54 Å². The normalized spacial score (nSPS) is 30.7. The fraction of sp³-hybridized carbons (Fsp3) is 0.667. The number of likely N-dealkylation sites (N-methyl/N-ethyl adjacent to an activating group) is 3. The molecule has 0 aromatic heterocycles. The molecule has 2 fully saturated rings. The van der Waals surface area contributed by atoms with E-state index in [1.807, 2.05) is 18.0 Å². The maximum absolute atomic E-state index is 12.1. The molecule has 6 nitrogen and oxygen atoms in total. The third kappa shape index (κ3) is 1.72. The van der Waals surface area contributed by atoms with Crippen molar-refractivity contribution in [2.75, 3.05) is 34.3 Å². The zero-order chi connectivity index (χ0) is 13.5. The highest BCUT2D eigenvalue weighted by molar-refractivity contribution is 6.06. The van der Waals surface area contributed by atoms with Gasteiger partial charge in [0.25, 0.3) is 5.91 Å². The number of hydrogen-bond donors (Lipinski definition) is 0. The number of ether oxygens (including phenoxy) is 1. The molecule has 0 aliphatic carbocycles. The molecule has 0 aromatic carbocycles. The Morgan fingerprint density at radius 3 is 2.44 bits per heavy atom. The van der Waals surface area contributed by atoms with Crippen LogP contribution in [0.4, 0.5) is 4.79 Å². The molecule has 2 aliphatic rings. The van der Waals surface area contributed by atoms with E-state index in [1.54, 1.807) is 14.0 Å². The second kappa shape index (κ2) is 4.19. The van der Waals surface area contributed by atoms with Gasteiger partial charge in [0.05, 0.1) is 6.54 Å². The van der Waals surface area contributed by atoms with Crippen molar-refractivity contribution < 1.29 is 14.3 Å². The number of rotatable bonds is 2. The highest BCUT2D eigenvalue weighted by Crippen LogP contribution is 2.29. The summed E-state index contributed by atoms with van der Waals surface area (Å²) in [5.41, 5.74) is -0.814. The second-order valence-corrected chi connectivity index (χ2v) is 5.00. The summed E-state index contributed by atoms with van der Waals surface area (Å²) in [5, 5.41) is 0. The Hall–Kier alpha value is -1.72. The molecule has 0 saturated carbocycles. The SMILES string of the molecule is CN1C(=O)N(C)C(C)(C/C=C2\OCCN2C)C1=O. The van der Waals surface area contributed by atoms with Crippen LogP contribution in [0.5, 0.6) is 0 Å². The van der Waals surface area contributed by atoms with Gasteiger partial charge >= 0.3 is 6.03 Å². The van der Waals surface area contributed by atoms with Crippen molar-refractivity contribution in [3.63, 3.8) is 0 Å². The van der Waals surface area contributed by atoms with Crippen LogP contribution in [0.1, 0.15) is 13.3 Å². The van der Waals surface area contributed by atoms with Gasteiger partial charge in [-0.25, -0.2) is 4.79 Å². The van der Waals surface area contributed by atoms with E-state index in [-0.39, 0.29) is 11.9 Å². The molecule has 3 amide bonds. The largest absolute Gasteiger partial charge is 0.477 e. The zero-order valence-electron chi connectivity index (χ0n) is 11.3. The van der Waals surface area contributed by atoms with Crippen molar-refractivity contribution in [3.05, 3.63) is 12.0 Å². The van der Waals surface area contributed by atoms with Crippen molar-refractivity contribution in [2.45, 2.75) is 18.9 Å². The third-order valence-corrected chi connectivity index (χ3v) is 3.81. The second-order valence-electron chi connectivity index (χ2n) is 5.00. The maximum atomic E-state index is 12.1. The molecule has 0 radical (unpaired) electrons. The topological polar surface area (TPSA) is 53.1 Å². The van der Waals surface area contributed by atoms with Crippen LogP contribution >= 0.6 is 0 Å². The zero-order valence-corrected chi connectivity index (χ0v) is 11.3. The summed E-state index contributed by atoms with van der Waals surface area (Å²) in [6.07, 6.45) is 2.34. The molecule has 6 heteroatoms. The number of hydrogen-bond acceptors (Lipinski definition) is 4. The molecule has 2 heterocycles. The molecular weight excluding hydrogens is 234 g/mol. The Morgan fingerprint density at radius 2 is 2.00 bits per heavy atom. The van der Waals surface area contributed by atoms with Crippen molar-refractivity contribution in [3.8, 4) is 0 Å². The summed E-state index contributed by atoms with van der Waals surface area (Å²) in [7, 11) is 5.11. The number of nitrogens with zero attached hydrogens (tertiary/aromatic N) is 3. The summed E-state index contributed by atoms with van der Waals surface area (Å²) < 4.78 is 5.45. The Bertz CT molecular complexity index is 421. The summed E-state index contributed by atoms with van der Waals surface area (Å²) in [6, 6.07) is -0.262. The van der Waals surface area contributed by atoms with E-state index >= 15 is 0 Å². The van der Waals surface area contributed by atoms with E-state index in [4.69, 9.17) is 4.74 Å². The summed E-state index contributed by atoms with van der Waals surface area (Å²) in [6.45, 7) is 3.30. The summed E-state index contributed by atoms with van der Waals surface area (Å²) in [5.74, 6) is 0.604. The van der Waals surface area contributed by atoms with Gasteiger partial charge in [0.1, 0.15) is 12.1 Å². The quantitative estimate of drug-likeness (QED) is 0.671. The van der Waals surface area contributed by atoms with Gasteiger partial charge in [0.15, 0.2) is 5.88 Å². The Balaban J connectivity index is 2.17. The molecule has 1 atom stereocenters. The van der Waals surface area contributed by atoms with E-state index in [0.717, 1.165) is 17.3 Å². The van der Waals surface area contributed by atoms with Crippen LogP contribution in [0.25, 0.3) is 0 Å². The predicted molar refractivity (Wildman–Crippen MR) is 65.6 cm³/mol. The lowest BCUT2D eigenvalue weighted by molar-refractivity contribution is -0.131. The lowest BCUT2D eigenvalue weighted by Gasteiger charge is -2.27. The van der Waals surface area contributed by atoms with Gasteiger partial charge in [-0.15, -0.1) is 0 Å². The Morgan fingerprint density at radius 1 is 1.33 bits per heavy atom. The van der Waals surface area contributed by atoms with Crippen LogP contribution in [-0.4, -0.2) is 66.5 Å². The van der Waals surface area contributed by atoms with Crippen LogP contribution in [0.15, 0.2) is 12.0 Å². The van der Waals surface area contributed by atoms with E-state index in [1.165, 1.54) is 11.9 Å². The molecule has 0 N–H and O–H groups in total. The van der Waals surface area contributed by atoms with E-state index in [0.29, 0.717) is 13.0 Å². The molecule has 1 unspecified atom stereocenters. The van der Waals surface area contributed by atoms with Crippen molar-refractivity contribution in [2.24, 2.45) is 0 Å². The average molecular weight is 253 g/mol. The van der Waals surface area contributed by atoms with Crippen LogP contribution in [0.2, 0.25) is 0 Å². The first-order chi connectivity index (χ1) is 8.38. The molecule has 18 heavy (non-hydrogen) atoms. The third-order valence-electron chi connectivity index (χ3n) is 3.81. The standard InChI is InChI=1S/C12H19N3O3/c1-12(6-5-9-13(2)7-8-18-9)10(16)14(3)11(17)15(12)4/h5H,6-8H2,1-4H3/b9-5-. The molecule has 2 aliphatic heterocycles. The van der Waals surface area contributed by atoms with Gasteiger partial charge in [0, 0.05) is 27.6 Å². The van der Waals surface area contributed by atoms with Gasteiger partial charge in [-0.2, -0.15) is 0 Å². The van der Waals surface area contributed by atoms with Crippen LogP contribution < -0.4 is 0 Å². The van der Waals surface area contributed by atoms with Crippen LogP contribution in [0, 0.1) is 0 Å². The van der Waals surface area contributed by atoms with Crippen molar-refractivity contribution in [1.82, 2.24) is 14.7 Å². The fourth-order valence-electron chi connectivity index (χ4n) is 2.26. The predicted octanol–water partition coefficient (Wildman–Crippen LogP) is 0.462. The molecule has 2 saturated heterocycles. The summed E-state index contributed by atoms with van der Waals surface area (Å²) >= 11 is 0. The highest BCUT2D eigenvalue weighted by Gasteiger charge is 2.50. The maximum Gasteiger partial charge on any atom is 0.327 e. The van der Waals surface area contributed by atoms with E-state index in [2.05, 4.69) is 0 Å². The molecule has 0 spiro atoms. The molecule has 2 rings (SSSR count). The number of imide groups is 1. The number of carbonyl (C=O) groups excluding carboxylic acids is 2. The lowest BCUT2D eigenvalue weighted by Crippen LogP contribution is -2.44.